The van der Waals surface area contributed by atoms with E-state index in [9.17, 15) is 0 Å². The number of hydrogen-bond acceptors (Lipinski definition) is 3. The fourth-order valence-corrected chi connectivity index (χ4v) is 1.95. The molecule has 1 aromatic rings. The Balaban J connectivity index is 3.11. The van der Waals surface area contributed by atoms with Gasteiger partial charge in [0.25, 0.3) is 0 Å². The summed E-state index contributed by atoms with van der Waals surface area (Å²) in [6.45, 7) is 3.97. The summed E-state index contributed by atoms with van der Waals surface area (Å²) < 4.78 is 0. The summed E-state index contributed by atoms with van der Waals surface area (Å²) in [6, 6.07) is 2.19. The van der Waals surface area contributed by atoms with E-state index in [4.69, 9.17) is 5.26 Å². The van der Waals surface area contributed by atoms with Gasteiger partial charge in [0, 0.05) is 19.0 Å². The molecule has 74 valence electrons. The molecule has 0 atom stereocenters. The van der Waals surface area contributed by atoms with Gasteiger partial charge in [-0.3, -0.25) is 0 Å². The molecule has 0 aliphatic carbocycles. The second-order valence-electron chi connectivity index (χ2n) is 3.28. The largest absolute Gasteiger partial charge is 0.369 e. The fourth-order valence-electron chi connectivity index (χ4n) is 1.000. The van der Waals surface area contributed by atoms with Gasteiger partial charge in [0.05, 0.1) is 11.9 Å². The van der Waals surface area contributed by atoms with Crippen LogP contribution in [-0.4, -0.2) is 25.3 Å². The van der Waals surface area contributed by atoms with Gasteiger partial charge in [0.1, 0.15) is 11.1 Å². The average molecular weight is 207 g/mol. The van der Waals surface area contributed by atoms with Crippen molar-refractivity contribution in [3.05, 3.63) is 16.0 Å². The highest BCUT2D eigenvalue weighted by molar-refractivity contribution is 7.16. The first-order chi connectivity index (χ1) is 6.56. The molecule has 0 N–H and O–H groups in total. The van der Waals surface area contributed by atoms with Crippen LogP contribution < -0.4 is 0 Å². The van der Waals surface area contributed by atoms with E-state index in [-0.39, 0.29) is 0 Å². The normalized spacial score (nSPS) is 10.5. The Bertz CT molecular complexity index is 396. The Labute approximate surface area is 88.3 Å². The molecule has 0 aliphatic heterocycles. The number of nitrogens with zero attached hydrogens (tertiary/aromatic N) is 3. The predicted octanol–water partition coefficient (Wildman–Crippen LogP) is 2.46. The van der Waals surface area contributed by atoms with Crippen molar-refractivity contribution in [2.75, 3.05) is 14.1 Å². The molecule has 1 rings (SSSR count). The number of aliphatic imine (C=N–C) groups is 1. The maximum atomic E-state index is 8.95. The second kappa shape index (κ2) is 4.25. The van der Waals surface area contributed by atoms with Crippen LogP contribution in [0.2, 0.25) is 0 Å². The molecule has 0 radical (unpaired) electrons. The highest BCUT2D eigenvalue weighted by Crippen LogP contribution is 2.33. The van der Waals surface area contributed by atoms with Crippen molar-refractivity contribution < 1.29 is 0 Å². The monoisotopic (exact) mass is 207 g/mol. The summed E-state index contributed by atoms with van der Waals surface area (Å²) in [6.07, 6.45) is 1.71. The summed E-state index contributed by atoms with van der Waals surface area (Å²) in [5.74, 6) is 0. The summed E-state index contributed by atoms with van der Waals surface area (Å²) in [5.41, 5.74) is 1.74. The Hall–Kier alpha value is -1.34. The van der Waals surface area contributed by atoms with E-state index in [1.807, 2.05) is 32.8 Å². The van der Waals surface area contributed by atoms with Crippen LogP contribution >= 0.6 is 11.3 Å². The van der Waals surface area contributed by atoms with Crippen LogP contribution in [0.5, 0.6) is 0 Å². The SMILES string of the molecule is Cc1sc(/N=C/N(C)C)c(C#N)c1C. The second-order valence-corrected chi connectivity index (χ2v) is 4.49. The Kier molecular flexibility index (Phi) is 3.26. The van der Waals surface area contributed by atoms with E-state index in [1.54, 1.807) is 17.7 Å². The number of aryl methyl sites for hydroxylation is 1. The van der Waals surface area contributed by atoms with Crippen LogP contribution in [0, 0.1) is 25.2 Å². The lowest BCUT2D eigenvalue weighted by Gasteiger charge is -2.00. The minimum absolute atomic E-state index is 0.700. The third-order valence-corrected chi connectivity index (χ3v) is 3.00. The van der Waals surface area contributed by atoms with Gasteiger partial charge in [0.15, 0.2) is 0 Å². The van der Waals surface area contributed by atoms with E-state index in [0.29, 0.717) is 5.56 Å². The van der Waals surface area contributed by atoms with Crippen LogP contribution in [0.3, 0.4) is 0 Å². The smallest absolute Gasteiger partial charge is 0.136 e. The zero-order chi connectivity index (χ0) is 10.7. The third-order valence-electron chi connectivity index (χ3n) is 1.88. The summed E-state index contributed by atoms with van der Waals surface area (Å²) >= 11 is 1.56. The lowest BCUT2D eigenvalue weighted by atomic mass is 10.2. The van der Waals surface area contributed by atoms with E-state index in [1.165, 1.54) is 0 Å². The molecule has 0 bridgehead atoms. The molecule has 4 heteroatoms. The third kappa shape index (κ3) is 2.12. The number of nitriles is 1. The van der Waals surface area contributed by atoms with Crippen molar-refractivity contribution in [3.8, 4) is 6.07 Å². The van der Waals surface area contributed by atoms with Crippen molar-refractivity contribution in [1.29, 1.82) is 5.26 Å². The van der Waals surface area contributed by atoms with E-state index < -0.39 is 0 Å². The van der Waals surface area contributed by atoms with Gasteiger partial charge in [-0.25, -0.2) is 4.99 Å². The molecular weight excluding hydrogens is 194 g/mol. The molecule has 0 saturated heterocycles. The summed E-state index contributed by atoms with van der Waals surface area (Å²) in [7, 11) is 3.81. The van der Waals surface area contributed by atoms with E-state index >= 15 is 0 Å². The maximum absolute atomic E-state index is 8.95. The zero-order valence-corrected chi connectivity index (χ0v) is 9.64. The molecule has 0 saturated carbocycles. The topological polar surface area (TPSA) is 39.4 Å². The molecule has 0 aromatic carbocycles. The Morgan fingerprint density at radius 1 is 1.43 bits per heavy atom. The molecule has 0 amide bonds. The van der Waals surface area contributed by atoms with Gasteiger partial charge in [-0.2, -0.15) is 5.26 Å². The number of rotatable bonds is 2. The molecule has 1 heterocycles. The van der Waals surface area contributed by atoms with Crippen molar-refractivity contribution >= 4 is 22.7 Å². The lowest BCUT2D eigenvalue weighted by molar-refractivity contribution is 0.643. The maximum Gasteiger partial charge on any atom is 0.136 e. The zero-order valence-electron chi connectivity index (χ0n) is 8.83. The van der Waals surface area contributed by atoms with Gasteiger partial charge in [0.2, 0.25) is 0 Å². The molecule has 0 spiro atoms. The van der Waals surface area contributed by atoms with Crippen molar-refractivity contribution in [2.24, 2.45) is 4.99 Å². The number of hydrogen-bond donors (Lipinski definition) is 0. The first kappa shape index (κ1) is 10.7. The fraction of sp³-hybridized carbons (Fsp3) is 0.400. The minimum atomic E-state index is 0.700. The molecule has 0 unspecified atom stereocenters. The highest BCUT2D eigenvalue weighted by Gasteiger charge is 2.10. The molecule has 0 fully saturated rings. The Morgan fingerprint density at radius 3 is 2.57 bits per heavy atom. The van der Waals surface area contributed by atoms with Crippen LogP contribution in [0.4, 0.5) is 5.00 Å². The van der Waals surface area contributed by atoms with Crippen LogP contribution in [0.1, 0.15) is 16.0 Å². The highest BCUT2D eigenvalue weighted by atomic mass is 32.1. The summed E-state index contributed by atoms with van der Waals surface area (Å²) in [5, 5.41) is 9.75. The van der Waals surface area contributed by atoms with Crippen molar-refractivity contribution in [2.45, 2.75) is 13.8 Å². The van der Waals surface area contributed by atoms with Crippen LogP contribution in [0.15, 0.2) is 4.99 Å². The summed E-state index contributed by atoms with van der Waals surface area (Å²) in [4.78, 5) is 7.27. The lowest BCUT2D eigenvalue weighted by Crippen LogP contribution is -2.06. The number of thiophene rings is 1. The van der Waals surface area contributed by atoms with Crippen LogP contribution in [-0.2, 0) is 0 Å². The molecular formula is C10H13N3S. The standard InChI is InChI=1S/C10H13N3S/c1-7-8(2)14-10(9(7)5-11)12-6-13(3)4/h6H,1-4H3/b12-6+. The Morgan fingerprint density at radius 2 is 2.07 bits per heavy atom. The van der Waals surface area contributed by atoms with Crippen molar-refractivity contribution in [1.82, 2.24) is 4.90 Å². The quantitative estimate of drug-likeness (QED) is 0.552. The molecule has 1 aromatic heterocycles. The van der Waals surface area contributed by atoms with Gasteiger partial charge in [-0.1, -0.05) is 0 Å². The first-order valence-electron chi connectivity index (χ1n) is 4.27. The molecule has 0 aliphatic rings. The van der Waals surface area contributed by atoms with Gasteiger partial charge in [-0.05, 0) is 19.4 Å². The van der Waals surface area contributed by atoms with Gasteiger partial charge < -0.3 is 4.90 Å². The minimum Gasteiger partial charge on any atom is -0.369 e. The first-order valence-corrected chi connectivity index (χ1v) is 5.08. The van der Waals surface area contributed by atoms with E-state index in [2.05, 4.69) is 11.1 Å². The molecule has 3 nitrogen and oxygen atoms in total. The van der Waals surface area contributed by atoms with Crippen LogP contribution in [0.25, 0.3) is 0 Å². The average Bonchev–Trinajstić information content (AvgIpc) is 2.39. The predicted molar refractivity (Wildman–Crippen MR) is 60.3 cm³/mol. The van der Waals surface area contributed by atoms with Gasteiger partial charge >= 0.3 is 0 Å². The molecule has 14 heavy (non-hydrogen) atoms. The van der Waals surface area contributed by atoms with Gasteiger partial charge in [-0.15, -0.1) is 11.3 Å². The van der Waals surface area contributed by atoms with Crippen molar-refractivity contribution in [3.63, 3.8) is 0 Å². The van der Waals surface area contributed by atoms with E-state index in [0.717, 1.165) is 15.4 Å².